The summed E-state index contributed by atoms with van der Waals surface area (Å²) in [4.78, 5) is 22.5. The first-order valence-corrected chi connectivity index (χ1v) is 8.80. The Morgan fingerprint density at radius 1 is 1.30 bits per heavy atom. The topological polar surface area (TPSA) is 67.5 Å². The summed E-state index contributed by atoms with van der Waals surface area (Å²) in [5, 5.41) is 4.87. The van der Waals surface area contributed by atoms with Gasteiger partial charge in [-0.05, 0) is 52.9 Å². The number of carbonyl (C=O) groups excluding carboxylic acids is 1. The van der Waals surface area contributed by atoms with Crippen LogP contribution in [0.3, 0.4) is 0 Å². The normalized spacial score (nSPS) is 17.2. The maximum absolute atomic E-state index is 12.6. The molecule has 1 aliphatic heterocycles. The largest absolute Gasteiger partial charge is 0.463 e. The fourth-order valence-electron chi connectivity index (χ4n) is 2.41. The molecular formula is C16H10IN3O2S. The lowest BCUT2D eigenvalue weighted by atomic mass is 10.1. The quantitative estimate of drug-likeness (QED) is 0.622. The molecule has 23 heavy (non-hydrogen) atoms. The van der Waals surface area contributed by atoms with E-state index in [-0.39, 0.29) is 5.91 Å². The Labute approximate surface area is 149 Å². The standard InChI is InChI=1S/C16H10IN3O2S/c17-9-7-12(23-8-9)14-16(21)20-15-10(3-1-5-18-15)13(19-14)11-4-2-6-22-11/h1-8,14H,(H,18,20,21). The van der Waals surface area contributed by atoms with E-state index >= 15 is 0 Å². The zero-order chi connectivity index (χ0) is 15.8. The third-order valence-electron chi connectivity index (χ3n) is 3.42. The molecule has 0 spiro atoms. The number of anilines is 1. The van der Waals surface area contributed by atoms with E-state index in [2.05, 4.69) is 32.9 Å². The number of thiophene rings is 1. The van der Waals surface area contributed by atoms with Gasteiger partial charge in [0, 0.05) is 25.6 Å². The summed E-state index contributed by atoms with van der Waals surface area (Å²) in [5.74, 6) is 0.929. The molecule has 4 heterocycles. The number of pyridine rings is 1. The molecule has 0 saturated heterocycles. The van der Waals surface area contributed by atoms with Gasteiger partial charge in [-0.3, -0.25) is 9.79 Å². The lowest BCUT2D eigenvalue weighted by Gasteiger charge is -2.08. The number of fused-ring (bicyclic) bond motifs is 1. The van der Waals surface area contributed by atoms with E-state index in [1.165, 1.54) is 11.3 Å². The molecule has 1 aliphatic rings. The Morgan fingerprint density at radius 3 is 2.96 bits per heavy atom. The molecule has 0 aromatic carbocycles. The number of nitrogens with zero attached hydrogens (tertiary/aromatic N) is 2. The van der Waals surface area contributed by atoms with Gasteiger partial charge in [0.25, 0.3) is 5.91 Å². The van der Waals surface area contributed by atoms with Crippen molar-refractivity contribution in [2.24, 2.45) is 4.99 Å². The Bertz CT molecular complexity index is 902. The maximum Gasteiger partial charge on any atom is 0.255 e. The van der Waals surface area contributed by atoms with Crippen LogP contribution in [0.5, 0.6) is 0 Å². The van der Waals surface area contributed by atoms with Gasteiger partial charge in [-0.15, -0.1) is 11.3 Å². The number of hydrogen-bond acceptors (Lipinski definition) is 5. The maximum atomic E-state index is 12.6. The minimum absolute atomic E-state index is 0.190. The minimum atomic E-state index is -0.613. The number of amides is 1. The van der Waals surface area contributed by atoms with Gasteiger partial charge in [-0.1, -0.05) is 0 Å². The molecule has 0 saturated carbocycles. The SMILES string of the molecule is O=C1Nc2ncccc2C(c2ccco2)=NC1c1cc(I)cs1. The van der Waals surface area contributed by atoms with Crippen LogP contribution in [0.4, 0.5) is 5.82 Å². The monoisotopic (exact) mass is 435 g/mol. The van der Waals surface area contributed by atoms with Crippen LogP contribution in [0.15, 0.2) is 57.6 Å². The second-order valence-electron chi connectivity index (χ2n) is 4.91. The highest BCUT2D eigenvalue weighted by Crippen LogP contribution is 2.32. The highest BCUT2D eigenvalue weighted by atomic mass is 127. The molecule has 3 aromatic rings. The van der Waals surface area contributed by atoms with Crippen molar-refractivity contribution < 1.29 is 9.21 Å². The minimum Gasteiger partial charge on any atom is -0.463 e. The van der Waals surface area contributed by atoms with Crippen LogP contribution in [-0.4, -0.2) is 16.6 Å². The van der Waals surface area contributed by atoms with E-state index in [0.717, 1.165) is 14.0 Å². The molecule has 1 amide bonds. The van der Waals surface area contributed by atoms with E-state index < -0.39 is 6.04 Å². The van der Waals surface area contributed by atoms with Crippen molar-refractivity contribution in [3.8, 4) is 0 Å². The third-order valence-corrected chi connectivity index (χ3v) is 5.45. The molecule has 5 nitrogen and oxygen atoms in total. The first-order chi connectivity index (χ1) is 11.2. The van der Waals surface area contributed by atoms with Gasteiger partial charge in [0.05, 0.1) is 6.26 Å². The van der Waals surface area contributed by atoms with E-state index in [4.69, 9.17) is 9.41 Å². The summed E-state index contributed by atoms with van der Waals surface area (Å²) >= 11 is 3.75. The summed E-state index contributed by atoms with van der Waals surface area (Å²) in [6.07, 6.45) is 3.24. The van der Waals surface area contributed by atoms with Crippen LogP contribution >= 0.6 is 33.9 Å². The van der Waals surface area contributed by atoms with Gasteiger partial charge in [-0.25, -0.2) is 4.98 Å². The molecular weight excluding hydrogens is 425 g/mol. The van der Waals surface area contributed by atoms with Crippen molar-refractivity contribution in [3.63, 3.8) is 0 Å². The van der Waals surface area contributed by atoms with Crippen LogP contribution < -0.4 is 5.32 Å². The summed E-state index contributed by atoms with van der Waals surface area (Å²) in [5.41, 5.74) is 1.38. The molecule has 7 heteroatoms. The number of halogens is 1. The van der Waals surface area contributed by atoms with Crippen molar-refractivity contribution in [2.75, 3.05) is 5.32 Å². The third kappa shape index (κ3) is 2.70. The van der Waals surface area contributed by atoms with Crippen molar-refractivity contribution in [1.29, 1.82) is 0 Å². The number of nitrogens with one attached hydrogen (secondary N) is 1. The molecule has 0 fully saturated rings. The second kappa shape index (κ2) is 5.89. The Balaban J connectivity index is 1.91. The number of rotatable bonds is 2. The zero-order valence-corrected chi connectivity index (χ0v) is 14.7. The van der Waals surface area contributed by atoms with E-state index in [1.807, 2.05) is 29.6 Å². The van der Waals surface area contributed by atoms with E-state index in [1.54, 1.807) is 18.5 Å². The van der Waals surface area contributed by atoms with Gasteiger partial charge in [0.1, 0.15) is 11.5 Å². The summed E-state index contributed by atoms with van der Waals surface area (Å²) in [7, 11) is 0. The Morgan fingerprint density at radius 2 is 2.22 bits per heavy atom. The van der Waals surface area contributed by atoms with Gasteiger partial charge >= 0.3 is 0 Å². The summed E-state index contributed by atoms with van der Waals surface area (Å²) in [6, 6.07) is 8.69. The zero-order valence-electron chi connectivity index (χ0n) is 11.7. The van der Waals surface area contributed by atoms with Gasteiger partial charge < -0.3 is 9.73 Å². The molecule has 0 bridgehead atoms. The number of furan rings is 1. The Kier molecular flexibility index (Phi) is 3.74. The number of hydrogen-bond donors (Lipinski definition) is 1. The lowest BCUT2D eigenvalue weighted by molar-refractivity contribution is -0.117. The van der Waals surface area contributed by atoms with Crippen LogP contribution in [0.25, 0.3) is 0 Å². The molecule has 1 unspecified atom stereocenters. The van der Waals surface area contributed by atoms with Crippen LogP contribution in [0.1, 0.15) is 22.2 Å². The van der Waals surface area contributed by atoms with Crippen molar-refractivity contribution in [3.05, 3.63) is 67.9 Å². The van der Waals surface area contributed by atoms with Crippen molar-refractivity contribution >= 4 is 51.4 Å². The average molecular weight is 435 g/mol. The number of carbonyl (C=O) groups is 1. The molecule has 4 rings (SSSR count). The smallest absolute Gasteiger partial charge is 0.255 e. The number of aliphatic imine (C=N–C) groups is 1. The Hall–Kier alpha value is -2.00. The molecule has 0 aliphatic carbocycles. The first kappa shape index (κ1) is 14.6. The fraction of sp³-hybridized carbons (Fsp3) is 0.0625. The molecule has 0 radical (unpaired) electrons. The predicted octanol–water partition coefficient (Wildman–Crippen LogP) is 3.87. The van der Waals surface area contributed by atoms with Gasteiger partial charge in [0.2, 0.25) is 0 Å². The molecule has 1 atom stereocenters. The second-order valence-corrected chi connectivity index (χ2v) is 7.10. The average Bonchev–Trinajstić information content (AvgIpc) is 3.18. The highest BCUT2D eigenvalue weighted by molar-refractivity contribution is 14.1. The summed E-state index contributed by atoms with van der Waals surface area (Å²) < 4.78 is 6.60. The van der Waals surface area contributed by atoms with Crippen LogP contribution in [-0.2, 0) is 4.79 Å². The summed E-state index contributed by atoms with van der Waals surface area (Å²) in [6.45, 7) is 0. The first-order valence-electron chi connectivity index (χ1n) is 6.84. The van der Waals surface area contributed by atoms with Gasteiger partial charge in [0.15, 0.2) is 11.8 Å². The van der Waals surface area contributed by atoms with Crippen LogP contribution in [0.2, 0.25) is 0 Å². The van der Waals surface area contributed by atoms with Crippen LogP contribution in [0, 0.1) is 3.57 Å². The highest BCUT2D eigenvalue weighted by Gasteiger charge is 2.29. The fourth-order valence-corrected chi connectivity index (χ4v) is 4.14. The molecule has 114 valence electrons. The molecule has 1 N–H and O–H groups in total. The van der Waals surface area contributed by atoms with E-state index in [0.29, 0.717) is 17.3 Å². The molecule has 3 aromatic heterocycles. The number of aromatic nitrogens is 1. The van der Waals surface area contributed by atoms with Gasteiger partial charge in [-0.2, -0.15) is 0 Å². The van der Waals surface area contributed by atoms with Crippen molar-refractivity contribution in [1.82, 2.24) is 4.98 Å². The van der Waals surface area contributed by atoms with Crippen molar-refractivity contribution in [2.45, 2.75) is 6.04 Å². The lowest BCUT2D eigenvalue weighted by Crippen LogP contribution is -2.18. The predicted molar refractivity (Wildman–Crippen MR) is 97.0 cm³/mol. The van der Waals surface area contributed by atoms with E-state index in [9.17, 15) is 4.79 Å².